The average Bonchev–Trinajstić information content (AvgIpc) is 2.68. The number of pyridine rings is 1. The second kappa shape index (κ2) is 4.43. The lowest BCUT2D eigenvalue weighted by molar-refractivity contribution is 0.918. The molecule has 0 saturated carbocycles. The van der Waals surface area contributed by atoms with E-state index < -0.39 is 0 Å². The molecule has 2 heterocycles. The van der Waals surface area contributed by atoms with Crippen LogP contribution >= 0.6 is 0 Å². The molecule has 0 aliphatic carbocycles. The zero-order valence-corrected chi connectivity index (χ0v) is 10.9. The highest BCUT2D eigenvalue weighted by atomic mass is 15.1. The van der Waals surface area contributed by atoms with E-state index >= 15 is 0 Å². The molecule has 6 nitrogen and oxygen atoms in total. The fraction of sp³-hybridized carbons (Fsp3) is 0.231. The molecule has 2 aromatic rings. The number of hydrogen-bond donors (Lipinski definition) is 1. The monoisotopic (exact) mass is 252 g/mol. The number of nitrogen functional groups attached to an aromatic ring is 1. The SMILES string of the molecule is Cc1nc(C)c(C#N)c(-c2c(N)ncn2C)c1C#N. The van der Waals surface area contributed by atoms with E-state index in [-0.39, 0.29) is 0 Å². The molecule has 2 aromatic heterocycles. The third-order valence-electron chi connectivity index (χ3n) is 2.98. The Morgan fingerprint density at radius 1 is 1.16 bits per heavy atom. The number of nitriles is 2. The van der Waals surface area contributed by atoms with E-state index in [0.29, 0.717) is 39.6 Å². The van der Waals surface area contributed by atoms with Crippen molar-refractivity contribution in [3.8, 4) is 23.4 Å². The Morgan fingerprint density at radius 2 is 1.68 bits per heavy atom. The normalized spacial score (nSPS) is 9.95. The second-order valence-corrected chi connectivity index (χ2v) is 4.22. The number of nitrogens with two attached hydrogens (primary N) is 1. The summed E-state index contributed by atoms with van der Waals surface area (Å²) in [4.78, 5) is 8.23. The fourth-order valence-electron chi connectivity index (χ4n) is 2.11. The molecule has 0 saturated heterocycles. The molecule has 0 amide bonds. The van der Waals surface area contributed by atoms with E-state index in [0.717, 1.165) is 0 Å². The molecular formula is C13H12N6. The smallest absolute Gasteiger partial charge is 0.149 e. The van der Waals surface area contributed by atoms with E-state index in [2.05, 4.69) is 22.1 Å². The maximum absolute atomic E-state index is 9.32. The minimum absolute atomic E-state index is 0.292. The highest BCUT2D eigenvalue weighted by Crippen LogP contribution is 2.33. The number of rotatable bonds is 1. The highest BCUT2D eigenvalue weighted by molar-refractivity contribution is 5.81. The van der Waals surface area contributed by atoms with Crippen molar-refractivity contribution in [2.24, 2.45) is 7.05 Å². The predicted octanol–water partition coefficient (Wildman–Crippen LogP) is 1.42. The average molecular weight is 252 g/mol. The van der Waals surface area contributed by atoms with Crippen LogP contribution < -0.4 is 5.73 Å². The van der Waals surface area contributed by atoms with Crippen LogP contribution in [0.1, 0.15) is 22.5 Å². The number of aryl methyl sites for hydroxylation is 3. The molecule has 0 atom stereocenters. The predicted molar refractivity (Wildman–Crippen MR) is 69.8 cm³/mol. The molecule has 6 heteroatoms. The van der Waals surface area contributed by atoms with Gasteiger partial charge >= 0.3 is 0 Å². The van der Waals surface area contributed by atoms with Crippen LogP contribution in [0.5, 0.6) is 0 Å². The van der Waals surface area contributed by atoms with Crippen LogP contribution in [0.2, 0.25) is 0 Å². The summed E-state index contributed by atoms with van der Waals surface area (Å²) in [5.41, 5.74) is 8.80. The Labute approximate surface area is 110 Å². The number of aromatic nitrogens is 3. The van der Waals surface area contributed by atoms with Gasteiger partial charge in [-0.3, -0.25) is 4.98 Å². The van der Waals surface area contributed by atoms with E-state index in [1.807, 2.05) is 0 Å². The molecule has 94 valence electrons. The standard InChI is InChI=1S/C13H12N6/c1-7-9(4-14)11(10(5-15)8(2)18-7)12-13(16)17-6-19(12)3/h6H,16H2,1-3H3. The van der Waals surface area contributed by atoms with Gasteiger partial charge in [0.15, 0.2) is 0 Å². The van der Waals surface area contributed by atoms with Gasteiger partial charge in [-0.2, -0.15) is 10.5 Å². The van der Waals surface area contributed by atoms with E-state index in [1.54, 1.807) is 31.8 Å². The third kappa shape index (κ3) is 1.80. The lowest BCUT2D eigenvalue weighted by atomic mass is 9.97. The van der Waals surface area contributed by atoms with E-state index in [4.69, 9.17) is 5.73 Å². The Hall–Kier alpha value is -2.86. The Kier molecular flexibility index (Phi) is 2.94. The van der Waals surface area contributed by atoms with Gasteiger partial charge in [0.25, 0.3) is 0 Å². The summed E-state index contributed by atoms with van der Waals surface area (Å²) in [7, 11) is 1.77. The van der Waals surface area contributed by atoms with Gasteiger partial charge in [-0.05, 0) is 13.8 Å². The maximum Gasteiger partial charge on any atom is 0.149 e. The minimum atomic E-state index is 0.292. The summed E-state index contributed by atoms with van der Waals surface area (Å²) in [6, 6.07) is 4.20. The number of hydrogen-bond acceptors (Lipinski definition) is 5. The molecule has 0 unspecified atom stereocenters. The molecule has 0 aromatic carbocycles. The lowest BCUT2D eigenvalue weighted by Gasteiger charge is -2.12. The van der Waals surface area contributed by atoms with Crippen LogP contribution in [-0.2, 0) is 7.05 Å². The first kappa shape index (κ1) is 12.6. The first-order valence-electron chi connectivity index (χ1n) is 5.59. The topological polar surface area (TPSA) is 104 Å². The largest absolute Gasteiger partial charge is 0.382 e. The van der Waals surface area contributed by atoms with Crippen molar-refractivity contribution in [2.75, 3.05) is 5.73 Å². The van der Waals surface area contributed by atoms with Crippen molar-refractivity contribution in [3.05, 3.63) is 28.8 Å². The van der Waals surface area contributed by atoms with Crippen molar-refractivity contribution in [3.63, 3.8) is 0 Å². The van der Waals surface area contributed by atoms with Gasteiger partial charge in [0, 0.05) is 12.6 Å². The number of imidazole rings is 1. The van der Waals surface area contributed by atoms with Crippen molar-refractivity contribution >= 4 is 5.82 Å². The van der Waals surface area contributed by atoms with Crippen LogP contribution in [0.3, 0.4) is 0 Å². The molecule has 19 heavy (non-hydrogen) atoms. The van der Waals surface area contributed by atoms with Crippen LogP contribution in [0.4, 0.5) is 5.82 Å². The zero-order valence-electron chi connectivity index (χ0n) is 10.9. The summed E-state index contributed by atoms with van der Waals surface area (Å²) in [6.07, 6.45) is 1.55. The van der Waals surface area contributed by atoms with Crippen LogP contribution in [0.25, 0.3) is 11.3 Å². The van der Waals surface area contributed by atoms with Crippen molar-refractivity contribution in [1.82, 2.24) is 14.5 Å². The van der Waals surface area contributed by atoms with Gasteiger partial charge in [-0.25, -0.2) is 4.98 Å². The first-order valence-corrected chi connectivity index (χ1v) is 5.59. The number of nitrogens with zero attached hydrogens (tertiary/aromatic N) is 5. The minimum Gasteiger partial charge on any atom is -0.382 e. The maximum atomic E-state index is 9.32. The van der Waals surface area contributed by atoms with Crippen molar-refractivity contribution in [1.29, 1.82) is 10.5 Å². The van der Waals surface area contributed by atoms with Crippen LogP contribution in [-0.4, -0.2) is 14.5 Å². The summed E-state index contributed by atoms with van der Waals surface area (Å²) in [5.74, 6) is 0.292. The van der Waals surface area contributed by atoms with Gasteiger partial charge in [-0.15, -0.1) is 0 Å². The summed E-state index contributed by atoms with van der Waals surface area (Å²) < 4.78 is 1.70. The molecule has 0 bridgehead atoms. The Bertz CT molecular complexity index is 684. The van der Waals surface area contributed by atoms with E-state index in [9.17, 15) is 10.5 Å². The molecule has 2 N–H and O–H groups in total. The fourth-order valence-corrected chi connectivity index (χ4v) is 2.11. The molecule has 0 aliphatic rings. The molecule has 2 rings (SSSR count). The quantitative estimate of drug-likeness (QED) is 0.826. The summed E-state index contributed by atoms with van der Waals surface area (Å²) in [5, 5.41) is 18.6. The molecule has 0 aliphatic heterocycles. The summed E-state index contributed by atoms with van der Waals surface area (Å²) >= 11 is 0. The van der Waals surface area contributed by atoms with Gasteiger partial charge in [-0.1, -0.05) is 0 Å². The highest BCUT2D eigenvalue weighted by Gasteiger charge is 2.21. The molecular weight excluding hydrogens is 240 g/mol. The van der Waals surface area contributed by atoms with Crippen molar-refractivity contribution < 1.29 is 0 Å². The lowest BCUT2D eigenvalue weighted by Crippen LogP contribution is -2.05. The van der Waals surface area contributed by atoms with Gasteiger partial charge in [0.05, 0.1) is 34.5 Å². The Morgan fingerprint density at radius 3 is 2.05 bits per heavy atom. The second-order valence-electron chi connectivity index (χ2n) is 4.22. The van der Waals surface area contributed by atoms with Crippen LogP contribution in [0.15, 0.2) is 6.33 Å². The van der Waals surface area contributed by atoms with Gasteiger partial charge in [0.1, 0.15) is 18.0 Å². The molecule has 0 fully saturated rings. The van der Waals surface area contributed by atoms with Gasteiger partial charge in [0.2, 0.25) is 0 Å². The molecule has 0 spiro atoms. The van der Waals surface area contributed by atoms with Crippen molar-refractivity contribution in [2.45, 2.75) is 13.8 Å². The van der Waals surface area contributed by atoms with E-state index in [1.165, 1.54) is 0 Å². The third-order valence-corrected chi connectivity index (χ3v) is 2.98. The summed E-state index contributed by atoms with van der Waals surface area (Å²) in [6.45, 7) is 3.48. The van der Waals surface area contributed by atoms with Crippen LogP contribution in [0, 0.1) is 36.5 Å². The molecule has 0 radical (unpaired) electrons. The van der Waals surface area contributed by atoms with Gasteiger partial charge < -0.3 is 10.3 Å². The number of anilines is 1. The Balaban J connectivity index is 2.98. The first-order chi connectivity index (χ1) is 9.01. The zero-order chi connectivity index (χ0) is 14.2.